The number of piperidine rings is 2. The first-order chi connectivity index (χ1) is 16.3. The molecule has 0 atom stereocenters. The van der Waals surface area contributed by atoms with Gasteiger partial charge in [0.25, 0.3) is 5.91 Å². The van der Waals surface area contributed by atoms with Gasteiger partial charge in [0.1, 0.15) is 16.5 Å². The van der Waals surface area contributed by atoms with Gasteiger partial charge in [0.2, 0.25) is 10.0 Å². The number of rotatable bonds is 4. The van der Waals surface area contributed by atoms with Crippen LogP contribution < -0.4 is 0 Å². The zero-order chi connectivity index (χ0) is 23.9. The molecule has 0 aliphatic carbocycles. The first kappa shape index (κ1) is 22.9. The first-order valence-electron chi connectivity index (χ1n) is 11.6. The van der Waals surface area contributed by atoms with Gasteiger partial charge in [0.15, 0.2) is 0 Å². The lowest BCUT2D eigenvalue weighted by Crippen LogP contribution is -2.38. The number of halogens is 2. The lowest BCUT2D eigenvalue weighted by molar-refractivity contribution is 0.0726. The SMILES string of the molecule is O=C(c1cnn2ccc(C3CCN(S(=O)(=O)c4cc(F)ccc4F)CC3)cc12)N1CCCCC1. The molecule has 0 saturated carbocycles. The number of carbonyl (C=O) groups excluding carboxylic acids is 1. The minimum absolute atomic E-state index is 0.00937. The maximum absolute atomic E-state index is 14.1. The molecule has 0 radical (unpaired) electrons. The Morgan fingerprint density at radius 1 is 0.971 bits per heavy atom. The molecule has 1 amide bonds. The van der Waals surface area contributed by atoms with Gasteiger partial charge in [-0.2, -0.15) is 9.40 Å². The summed E-state index contributed by atoms with van der Waals surface area (Å²) in [5.74, 6) is -1.67. The van der Waals surface area contributed by atoms with Crippen LogP contribution >= 0.6 is 0 Å². The monoisotopic (exact) mass is 488 g/mol. The summed E-state index contributed by atoms with van der Waals surface area (Å²) in [5, 5.41) is 4.33. The van der Waals surface area contributed by atoms with E-state index in [0.29, 0.717) is 18.4 Å². The summed E-state index contributed by atoms with van der Waals surface area (Å²) in [6.45, 7) is 1.92. The third-order valence-corrected chi connectivity index (χ3v) is 8.77. The van der Waals surface area contributed by atoms with Crippen LogP contribution in [0.2, 0.25) is 0 Å². The molecule has 2 saturated heterocycles. The highest BCUT2D eigenvalue weighted by molar-refractivity contribution is 7.89. The Bertz CT molecular complexity index is 1330. The summed E-state index contributed by atoms with van der Waals surface area (Å²) in [6, 6.07) is 6.36. The molecule has 0 unspecified atom stereocenters. The van der Waals surface area contributed by atoms with E-state index in [0.717, 1.165) is 61.6 Å². The number of aromatic nitrogens is 2. The van der Waals surface area contributed by atoms with Crippen molar-refractivity contribution in [3.63, 3.8) is 0 Å². The highest BCUT2D eigenvalue weighted by atomic mass is 32.2. The zero-order valence-electron chi connectivity index (χ0n) is 18.7. The van der Waals surface area contributed by atoms with Gasteiger partial charge < -0.3 is 4.90 Å². The van der Waals surface area contributed by atoms with E-state index in [4.69, 9.17) is 0 Å². The highest BCUT2D eigenvalue weighted by Crippen LogP contribution is 2.32. The molecule has 0 N–H and O–H groups in total. The van der Waals surface area contributed by atoms with Gasteiger partial charge in [0.05, 0.1) is 17.3 Å². The van der Waals surface area contributed by atoms with Crippen LogP contribution in [0.5, 0.6) is 0 Å². The van der Waals surface area contributed by atoms with Gasteiger partial charge in [-0.3, -0.25) is 4.79 Å². The molecule has 0 bridgehead atoms. The van der Waals surface area contributed by atoms with E-state index in [-0.39, 0.29) is 24.9 Å². The molecule has 10 heteroatoms. The van der Waals surface area contributed by atoms with Crippen molar-refractivity contribution in [3.05, 3.63) is 65.5 Å². The van der Waals surface area contributed by atoms with E-state index in [1.54, 1.807) is 10.7 Å². The average Bonchev–Trinajstić information content (AvgIpc) is 3.29. The molecule has 0 spiro atoms. The maximum Gasteiger partial charge on any atom is 0.257 e. The van der Waals surface area contributed by atoms with E-state index < -0.39 is 26.6 Å². The number of hydrogen-bond acceptors (Lipinski definition) is 4. The fourth-order valence-corrected chi connectivity index (χ4v) is 6.47. The lowest BCUT2D eigenvalue weighted by Gasteiger charge is -2.31. The van der Waals surface area contributed by atoms with Gasteiger partial charge in [-0.15, -0.1) is 0 Å². The number of likely N-dealkylation sites (tertiary alicyclic amines) is 1. The molecule has 5 rings (SSSR count). The Hall–Kier alpha value is -2.85. The van der Waals surface area contributed by atoms with Crippen molar-refractivity contribution >= 4 is 21.4 Å². The van der Waals surface area contributed by atoms with Crippen LogP contribution in [0.15, 0.2) is 47.6 Å². The number of benzene rings is 1. The Kier molecular flexibility index (Phi) is 6.11. The van der Waals surface area contributed by atoms with Gasteiger partial charge in [0, 0.05) is 32.4 Å². The molecule has 4 heterocycles. The molecule has 1 aromatic carbocycles. The van der Waals surface area contributed by atoms with E-state index in [9.17, 15) is 22.0 Å². The van der Waals surface area contributed by atoms with E-state index >= 15 is 0 Å². The number of pyridine rings is 1. The summed E-state index contributed by atoms with van der Waals surface area (Å²) >= 11 is 0. The number of amides is 1. The molecule has 34 heavy (non-hydrogen) atoms. The smallest absolute Gasteiger partial charge is 0.257 e. The number of hydrogen-bond donors (Lipinski definition) is 0. The minimum Gasteiger partial charge on any atom is -0.339 e. The fourth-order valence-electron chi connectivity index (χ4n) is 4.93. The average molecular weight is 489 g/mol. The van der Waals surface area contributed by atoms with Crippen molar-refractivity contribution in [2.24, 2.45) is 0 Å². The van der Waals surface area contributed by atoms with E-state index in [2.05, 4.69) is 5.10 Å². The van der Waals surface area contributed by atoms with Crippen LogP contribution in [0.3, 0.4) is 0 Å². The Labute approximate surface area is 197 Å². The molecule has 2 aromatic heterocycles. The second-order valence-electron chi connectivity index (χ2n) is 8.95. The van der Waals surface area contributed by atoms with Gasteiger partial charge in [-0.25, -0.2) is 21.7 Å². The van der Waals surface area contributed by atoms with Crippen molar-refractivity contribution < 1.29 is 22.0 Å². The highest BCUT2D eigenvalue weighted by Gasteiger charge is 2.32. The largest absolute Gasteiger partial charge is 0.339 e. The van der Waals surface area contributed by atoms with Gasteiger partial charge >= 0.3 is 0 Å². The standard InChI is InChI=1S/C24H26F2N4O3S/c25-19-4-5-21(26)23(15-19)34(32,33)29-11-6-17(7-12-29)18-8-13-30-22(14-18)20(16-27-30)24(31)28-9-2-1-3-10-28/h4-5,8,13-17H,1-3,6-7,9-12H2. The predicted molar refractivity (Wildman–Crippen MR) is 122 cm³/mol. The van der Waals surface area contributed by atoms with E-state index in [1.807, 2.05) is 23.2 Å². The number of fused-ring (bicyclic) bond motifs is 1. The maximum atomic E-state index is 14.1. The third-order valence-electron chi connectivity index (χ3n) is 6.86. The molecule has 2 aliphatic heterocycles. The van der Waals surface area contributed by atoms with E-state index in [1.165, 1.54) is 4.31 Å². The molecule has 2 fully saturated rings. The summed E-state index contributed by atoms with van der Waals surface area (Å²) in [7, 11) is -4.12. The van der Waals surface area contributed by atoms with Gasteiger partial charge in [-0.05, 0) is 73.9 Å². The number of sulfonamides is 1. The fraction of sp³-hybridized carbons (Fsp3) is 0.417. The Morgan fingerprint density at radius 2 is 1.71 bits per heavy atom. The number of carbonyl (C=O) groups is 1. The second-order valence-corrected chi connectivity index (χ2v) is 10.9. The molecular weight excluding hydrogens is 462 g/mol. The molecule has 3 aromatic rings. The normalized spacial score (nSPS) is 18.5. The van der Waals surface area contributed by atoms with Crippen LogP contribution in [0.25, 0.3) is 5.52 Å². The summed E-state index contributed by atoms with van der Waals surface area (Å²) in [6.07, 6.45) is 7.67. The third kappa shape index (κ3) is 4.20. The van der Waals surface area contributed by atoms with Crippen molar-refractivity contribution in [2.75, 3.05) is 26.2 Å². The van der Waals surface area contributed by atoms with Crippen LogP contribution in [-0.4, -0.2) is 59.3 Å². The molecule has 7 nitrogen and oxygen atoms in total. The van der Waals surface area contributed by atoms with Gasteiger partial charge in [-0.1, -0.05) is 0 Å². The van der Waals surface area contributed by atoms with Crippen molar-refractivity contribution in [3.8, 4) is 0 Å². The quantitative estimate of drug-likeness (QED) is 0.560. The zero-order valence-corrected chi connectivity index (χ0v) is 19.5. The second kappa shape index (κ2) is 9.07. The molecular formula is C24H26F2N4O3S. The summed E-state index contributed by atoms with van der Waals surface area (Å²) < 4.78 is 56.3. The van der Waals surface area contributed by atoms with Crippen LogP contribution in [-0.2, 0) is 10.0 Å². The first-order valence-corrected chi connectivity index (χ1v) is 13.0. The Morgan fingerprint density at radius 3 is 2.44 bits per heavy atom. The molecule has 180 valence electrons. The van der Waals surface area contributed by atoms with Crippen LogP contribution in [0, 0.1) is 11.6 Å². The number of nitrogens with zero attached hydrogens (tertiary/aromatic N) is 4. The van der Waals surface area contributed by atoms with Crippen molar-refractivity contribution in [1.29, 1.82) is 0 Å². The predicted octanol–water partition coefficient (Wildman–Crippen LogP) is 3.81. The van der Waals surface area contributed by atoms with Crippen LogP contribution in [0.4, 0.5) is 8.78 Å². The van der Waals surface area contributed by atoms with Crippen LogP contribution in [0.1, 0.15) is 53.9 Å². The lowest BCUT2D eigenvalue weighted by atomic mass is 9.90. The minimum atomic E-state index is -4.12. The Balaban J connectivity index is 1.34. The topological polar surface area (TPSA) is 75.0 Å². The van der Waals surface area contributed by atoms with Crippen molar-refractivity contribution in [2.45, 2.75) is 42.9 Å². The summed E-state index contributed by atoms with van der Waals surface area (Å²) in [5.41, 5.74) is 2.32. The molecule has 2 aliphatic rings. The summed E-state index contributed by atoms with van der Waals surface area (Å²) in [4.78, 5) is 14.3. The van der Waals surface area contributed by atoms with Crippen molar-refractivity contribution in [1.82, 2.24) is 18.8 Å².